The van der Waals surface area contributed by atoms with Gasteiger partial charge in [0, 0.05) is 0 Å². The molecule has 2 rings (SSSR count). The molecule has 0 N–H and O–H groups in total. The molecule has 1 fully saturated rings. The Morgan fingerprint density at radius 2 is 1.75 bits per heavy atom. The molecule has 0 aromatic heterocycles. The maximum atomic E-state index is 12.1. The molecule has 24 heavy (non-hydrogen) atoms. The summed E-state index contributed by atoms with van der Waals surface area (Å²) in [5.74, 6) is 0. The molecule has 0 radical (unpaired) electrons. The molecule has 1 aromatic rings. The summed E-state index contributed by atoms with van der Waals surface area (Å²) in [5.41, 5.74) is 1.15. The second kappa shape index (κ2) is 8.97. The second-order valence-corrected chi connectivity index (χ2v) is 8.40. The van der Waals surface area contributed by atoms with Gasteiger partial charge in [0.05, 0.1) is 23.7 Å². The average molecular weight is 355 g/mol. The number of aryl methyl sites for hydroxylation is 1. The first kappa shape index (κ1) is 19.4. The van der Waals surface area contributed by atoms with E-state index in [0.29, 0.717) is 0 Å². The first-order valence-electron chi connectivity index (χ1n) is 9.07. The predicted molar refractivity (Wildman–Crippen MR) is 95.6 cm³/mol. The highest BCUT2D eigenvalue weighted by Gasteiger charge is 2.36. The van der Waals surface area contributed by atoms with Crippen molar-refractivity contribution >= 4 is 10.1 Å². The van der Waals surface area contributed by atoms with E-state index in [1.54, 1.807) is 24.3 Å². The molecular formula is C19H30O4S. The number of rotatable bonds is 11. The molecule has 1 aromatic carbocycles. The fourth-order valence-electron chi connectivity index (χ4n) is 3.08. The van der Waals surface area contributed by atoms with Crippen LogP contribution in [0.25, 0.3) is 0 Å². The minimum atomic E-state index is -3.62. The molecule has 1 heterocycles. The third kappa shape index (κ3) is 5.57. The average Bonchev–Trinajstić information content (AvgIpc) is 2.52. The predicted octanol–water partition coefficient (Wildman–Crippen LogP) is 4.61. The number of hydrogen-bond acceptors (Lipinski definition) is 4. The molecule has 4 nitrogen and oxygen atoms in total. The van der Waals surface area contributed by atoms with Gasteiger partial charge >= 0.3 is 0 Å². The van der Waals surface area contributed by atoms with Gasteiger partial charge in [-0.1, -0.05) is 50.3 Å². The minimum absolute atomic E-state index is 0.116. The second-order valence-electron chi connectivity index (χ2n) is 6.78. The van der Waals surface area contributed by atoms with Crippen LogP contribution in [0.4, 0.5) is 0 Å². The van der Waals surface area contributed by atoms with E-state index in [1.165, 1.54) is 19.3 Å². The molecule has 0 amide bonds. The van der Waals surface area contributed by atoms with Crippen LogP contribution in [0.2, 0.25) is 0 Å². The molecule has 1 unspecified atom stereocenters. The Morgan fingerprint density at radius 3 is 2.33 bits per heavy atom. The van der Waals surface area contributed by atoms with Crippen molar-refractivity contribution in [2.75, 3.05) is 13.2 Å². The van der Waals surface area contributed by atoms with Crippen LogP contribution < -0.4 is 0 Å². The van der Waals surface area contributed by atoms with Crippen molar-refractivity contribution in [3.63, 3.8) is 0 Å². The highest BCUT2D eigenvalue weighted by Crippen LogP contribution is 2.36. The topological polar surface area (TPSA) is 52.6 Å². The lowest BCUT2D eigenvalue weighted by molar-refractivity contribution is -0.157. The monoisotopic (exact) mass is 354 g/mol. The first-order valence-corrected chi connectivity index (χ1v) is 10.5. The van der Waals surface area contributed by atoms with Crippen molar-refractivity contribution in [3.05, 3.63) is 29.8 Å². The van der Waals surface area contributed by atoms with Crippen LogP contribution in [-0.4, -0.2) is 27.2 Å². The molecule has 1 aliphatic rings. The molecule has 1 atom stereocenters. The largest absolute Gasteiger partial charge is 0.375 e. The van der Waals surface area contributed by atoms with Gasteiger partial charge in [-0.25, -0.2) is 0 Å². The van der Waals surface area contributed by atoms with Crippen molar-refractivity contribution < 1.29 is 17.3 Å². The summed E-state index contributed by atoms with van der Waals surface area (Å²) in [4.78, 5) is 0.231. The van der Waals surface area contributed by atoms with Crippen LogP contribution in [0.3, 0.4) is 0 Å². The quantitative estimate of drug-likeness (QED) is 0.430. The van der Waals surface area contributed by atoms with Crippen LogP contribution in [0, 0.1) is 6.92 Å². The summed E-state index contributed by atoms with van der Waals surface area (Å²) in [6.07, 6.45) is 8.63. The standard InChI is InChI=1S/C19H30O4S/c1-3-4-12-19(14-16-22-19)13-6-5-7-15-23-24(20,21)18-10-8-17(2)9-11-18/h8-11H,3-7,12-16H2,1-2H3. The highest BCUT2D eigenvalue weighted by molar-refractivity contribution is 7.86. The van der Waals surface area contributed by atoms with Gasteiger partial charge in [-0.3, -0.25) is 4.18 Å². The fraction of sp³-hybridized carbons (Fsp3) is 0.684. The zero-order valence-corrected chi connectivity index (χ0v) is 15.7. The van der Waals surface area contributed by atoms with E-state index in [0.717, 1.165) is 44.3 Å². The van der Waals surface area contributed by atoms with Crippen molar-refractivity contribution in [1.29, 1.82) is 0 Å². The smallest absolute Gasteiger partial charge is 0.296 e. The Morgan fingerprint density at radius 1 is 1.08 bits per heavy atom. The van der Waals surface area contributed by atoms with Gasteiger partial charge in [-0.2, -0.15) is 8.42 Å². The zero-order valence-electron chi connectivity index (χ0n) is 14.9. The molecule has 5 heteroatoms. The van der Waals surface area contributed by atoms with E-state index in [-0.39, 0.29) is 17.1 Å². The van der Waals surface area contributed by atoms with Crippen molar-refractivity contribution in [2.24, 2.45) is 0 Å². The first-order chi connectivity index (χ1) is 11.5. The normalized spacial score (nSPS) is 20.8. The number of unbranched alkanes of at least 4 members (excludes halogenated alkanes) is 3. The maximum Gasteiger partial charge on any atom is 0.296 e. The zero-order chi connectivity index (χ0) is 17.5. The minimum Gasteiger partial charge on any atom is -0.375 e. The van der Waals surface area contributed by atoms with Crippen LogP contribution in [0.5, 0.6) is 0 Å². The summed E-state index contributed by atoms with van der Waals surface area (Å²) in [6, 6.07) is 6.75. The summed E-state index contributed by atoms with van der Waals surface area (Å²) < 4.78 is 35.1. The van der Waals surface area contributed by atoms with Crippen molar-refractivity contribution in [1.82, 2.24) is 0 Å². The van der Waals surface area contributed by atoms with Gasteiger partial charge in [-0.15, -0.1) is 0 Å². The third-order valence-electron chi connectivity index (χ3n) is 4.78. The van der Waals surface area contributed by atoms with Crippen LogP contribution in [0.15, 0.2) is 29.2 Å². The summed E-state index contributed by atoms with van der Waals surface area (Å²) >= 11 is 0. The Balaban J connectivity index is 1.65. The summed E-state index contributed by atoms with van der Waals surface area (Å²) in [6.45, 7) is 5.27. The highest BCUT2D eigenvalue weighted by atomic mass is 32.2. The van der Waals surface area contributed by atoms with Crippen LogP contribution in [0.1, 0.15) is 63.9 Å². The van der Waals surface area contributed by atoms with Gasteiger partial charge in [-0.05, 0) is 44.7 Å². The Labute approximate surface area is 146 Å². The maximum absolute atomic E-state index is 12.1. The molecule has 1 saturated heterocycles. The molecule has 0 spiro atoms. The molecular weight excluding hydrogens is 324 g/mol. The fourth-order valence-corrected chi connectivity index (χ4v) is 4.02. The molecule has 0 bridgehead atoms. The Hall–Kier alpha value is -0.910. The van der Waals surface area contributed by atoms with E-state index in [2.05, 4.69) is 6.92 Å². The van der Waals surface area contributed by atoms with Gasteiger partial charge in [0.15, 0.2) is 0 Å². The summed E-state index contributed by atoms with van der Waals surface area (Å²) in [7, 11) is -3.62. The van der Waals surface area contributed by atoms with E-state index >= 15 is 0 Å². The van der Waals surface area contributed by atoms with E-state index < -0.39 is 10.1 Å². The lowest BCUT2D eigenvalue weighted by Crippen LogP contribution is -2.43. The molecule has 0 saturated carbocycles. The van der Waals surface area contributed by atoms with Gasteiger partial charge in [0.2, 0.25) is 0 Å². The SMILES string of the molecule is CCCCC1(CCCCCOS(=O)(=O)c2ccc(C)cc2)CCO1. The van der Waals surface area contributed by atoms with Gasteiger partial charge in [0.25, 0.3) is 10.1 Å². The molecule has 1 aliphatic heterocycles. The third-order valence-corrected chi connectivity index (χ3v) is 6.10. The van der Waals surface area contributed by atoms with E-state index in [1.807, 2.05) is 6.92 Å². The summed E-state index contributed by atoms with van der Waals surface area (Å²) in [5, 5.41) is 0. The molecule has 0 aliphatic carbocycles. The Bertz CT molecular complexity index is 588. The van der Waals surface area contributed by atoms with E-state index in [4.69, 9.17) is 8.92 Å². The lowest BCUT2D eigenvalue weighted by atomic mass is 9.84. The van der Waals surface area contributed by atoms with Gasteiger partial charge in [0.1, 0.15) is 0 Å². The van der Waals surface area contributed by atoms with Crippen molar-refractivity contribution in [3.8, 4) is 0 Å². The van der Waals surface area contributed by atoms with E-state index in [9.17, 15) is 8.42 Å². The number of hydrogen-bond donors (Lipinski definition) is 0. The van der Waals surface area contributed by atoms with Crippen molar-refractivity contribution in [2.45, 2.75) is 75.7 Å². The number of benzene rings is 1. The van der Waals surface area contributed by atoms with Crippen LogP contribution >= 0.6 is 0 Å². The van der Waals surface area contributed by atoms with Gasteiger partial charge < -0.3 is 4.74 Å². The Kier molecular flexibility index (Phi) is 7.26. The van der Waals surface area contributed by atoms with Crippen LogP contribution in [-0.2, 0) is 19.0 Å². The molecule has 136 valence electrons. The number of ether oxygens (including phenoxy) is 1. The lowest BCUT2D eigenvalue weighted by Gasteiger charge is -2.42.